The normalized spacial score (nSPS) is 14.7. The molecule has 26 heavy (non-hydrogen) atoms. The summed E-state index contributed by atoms with van der Waals surface area (Å²) in [6.07, 6.45) is 1.54. The maximum absolute atomic E-state index is 12.0. The third-order valence-corrected chi connectivity index (χ3v) is 5.04. The molecule has 0 aliphatic carbocycles. The third-order valence-electron chi connectivity index (χ3n) is 4.79. The predicted molar refractivity (Wildman–Crippen MR) is 105 cm³/mol. The number of piperazine rings is 1. The number of anilines is 2. The van der Waals surface area contributed by atoms with E-state index in [1.807, 2.05) is 24.3 Å². The molecular weight excluding hydrogens is 350 g/mol. The van der Waals surface area contributed by atoms with E-state index in [-0.39, 0.29) is 5.69 Å². The molecule has 0 bridgehead atoms. The number of nitrogens with zero attached hydrogens (tertiary/aromatic N) is 5. The average molecular weight is 370 g/mol. The van der Waals surface area contributed by atoms with Crippen LogP contribution in [-0.2, 0) is 7.05 Å². The number of aromatic nitrogens is 3. The fourth-order valence-corrected chi connectivity index (χ4v) is 3.39. The number of aryl methyl sites for hydroxylation is 1. The molecule has 0 N–H and O–H groups in total. The van der Waals surface area contributed by atoms with Crippen LogP contribution in [0.2, 0.25) is 5.02 Å². The van der Waals surface area contributed by atoms with Gasteiger partial charge in [0.15, 0.2) is 0 Å². The van der Waals surface area contributed by atoms with Gasteiger partial charge in [-0.15, -0.1) is 0 Å². The second kappa shape index (κ2) is 6.88. The Bertz CT molecular complexity index is 937. The second-order valence-corrected chi connectivity index (χ2v) is 6.81. The van der Waals surface area contributed by atoms with E-state index < -0.39 is 0 Å². The standard InChI is InChI=1S/C19H20ClN5O/c1-22-19(26)25(14-21-22)18-8-6-17(7-9-18)24-12-10-23(11-13-24)16-4-2-15(20)3-5-16/h2-9,14H,10-13H2,1H3. The van der Waals surface area contributed by atoms with Gasteiger partial charge >= 0.3 is 5.69 Å². The van der Waals surface area contributed by atoms with Gasteiger partial charge in [-0.25, -0.2) is 14.0 Å². The molecular formula is C19H20ClN5O. The van der Waals surface area contributed by atoms with Crippen molar-refractivity contribution in [1.29, 1.82) is 0 Å². The summed E-state index contributed by atoms with van der Waals surface area (Å²) in [5.74, 6) is 0. The minimum Gasteiger partial charge on any atom is -0.368 e. The maximum atomic E-state index is 12.0. The highest BCUT2D eigenvalue weighted by molar-refractivity contribution is 6.30. The average Bonchev–Trinajstić information content (AvgIpc) is 3.02. The number of rotatable bonds is 3. The lowest BCUT2D eigenvalue weighted by molar-refractivity contribution is 0.653. The highest BCUT2D eigenvalue weighted by Crippen LogP contribution is 2.22. The van der Waals surface area contributed by atoms with Gasteiger partial charge in [-0.05, 0) is 48.5 Å². The quantitative estimate of drug-likeness (QED) is 0.711. The zero-order valence-corrected chi connectivity index (χ0v) is 15.3. The van der Waals surface area contributed by atoms with Gasteiger partial charge in [-0.1, -0.05) is 11.6 Å². The van der Waals surface area contributed by atoms with E-state index in [0.717, 1.165) is 36.9 Å². The molecule has 0 saturated carbocycles. The lowest BCUT2D eigenvalue weighted by Crippen LogP contribution is -2.46. The Balaban J connectivity index is 1.44. The zero-order chi connectivity index (χ0) is 18.1. The summed E-state index contributed by atoms with van der Waals surface area (Å²) in [5.41, 5.74) is 3.06. The van der Waals surface area contributed by atoms with E-state index in [1.165, 1.54) is 16.1 Å². The van der Waals surface area contributed by atoms with Crippen LogP contribution in [0.15, 0.2) is 59.7 Å². The first-order chi connectivity index (χ1) is 12.6. The molecule has 3 aromatic rings. The van der Waals surface area contributed by atoms with Crippen molar-refractivity contribution < 1.29 is 0 Å². The number of benzene rings is 2. The van der Waals surface area contributed by atoms with E-state index >= 15 is 0 Å². The van der Waals surface area contributed by atoms with Gasteiger partial charge in [-0.2, -0.15) is 5.10 Å². The summed E-state index contributed by atoms with van der Waals surface area (Å²) in [6, 6.07) is 16.1. The number of hydrogen-bond donors (Lipinski definition) is 0. The second-order valence-electron chi connectivity index (χ2n) is 6.37. The fourth-order valence-electron chi connectivity index (χ4n) is 3.26. The van der Waals surface area contributed by atoms with Gasteiger partial charge < -0.3 is 9.80 Å². The van der Waals surface area contributed by atoms with Crippen LogP contribution in [0, 0.1) is 0 Å². The summed E-state index contributed by atoms with van der Waals surface area (Å²) in [6.45, 7) is 3.83. The number of hydrogen-bond acceptors (Lipinski definition) is 4. The molecule has 0 spiro atoms. The van der Waals surface area contributed by atoms with Gasteiger partial charge in [0.2, 0.25) is 0 Å². The Labute approximate surface area is 156 Å². The fraction of sp³-hybridized carbons (Fsp3) is 0.263. The molecule has 1 aromatic heterocycles. The van der Waals surface area contributed by atoms with Gasteiger partial charge in [0.25, 0.3) is 0 Å². The van der Waals surface area contributed by atoms with E-state index in [0.29, 0.717) is 0 Å². The highest BCUT2D eigenvalue weighted by atomic mass is 35.5. The van der Waals surface area contributed by atoms with Gasteiger partial charge in [-0.3, -0.25) is 0 Å². The summed E-state index contributed by atoms with van der Waals surface area (Å²) in [7, 11) is 1.65. The molecule has 1 saturated heterocycles. The van der Waals surface area contributed by atoms with Crippen molar-refractivity contribution >= 4 is 23.0 Å². The molecule has 1 aliphatic heterocycles. The SMILES string of the molecule is Cn1ncn(-c2ccc(N3CCN(c4ccc(Cl)cc4)CC3)cc2)c1=O. The summed E-state index contributed by atoms with van der Waals surface area (Å²) < 4.78 is 2.87. The molecule has 6 nitrogen and oxygen atoms in total. The van der Waals surface area contributed by atoms with Gasteiger partial charge in [0, 0.05) is 49.6 Å². The van der Waals surface area contributed by atoms with Crippen LogP contribution < -0.4 is 15.5 Å². The molecule has 7 heteroatoms. The van der Waals surface area contributed by atoms with Crippen molar-refractivity contribution in [2.24, 2.45) is 7.05 Å². The maximum Gasteiger partial charge on any atom is 0.350 e. The van der Waals surface area contributed by atoms with Crippen LogP contribution in [0.3, 0.4) is 0 Å². The first-order valence-corrected chi connectivity index (χ1v) is 8.96. The largest absolute Gasteiger partial charge is 0.368 e. The van der Waals surface area contributed by atoms with Crippen LogP contribution in [0.5, 0.6) is 0 Å². The van der Waals surface area contributed by atoms with Crippen molar-refractivity contribution in [3.8, 4) is 5.69 Å². The molecule has 2 heterocycles. The third kappa shape index (κ3) is 3.20. The molecule has 4 rings (SSSR count). The molecule has 0 unspecified atom stereocenters. The van der Waals surface area contributed by atoms with Gasteiger partial charge in [0.05, 0.1) is 5.69 Å². The molecule has 0 amide bonds. The van der Waals surface area contributed by atoms with Crippen molar-refractivity contribution in [3.63, 3.8) is 0 Å². The first kappa shape index (κ1) is 16.7. The van der Waals surface area contributed by atoms with E-state index in [9.17, 15) is 4.79 Å². The Morgan fingerprint density at radius 1 is 0.808 bits per heavy atom. The van der Waals surface area contributed by atoms with Crippen LogP contribution >= 0.6 is 11.6 Å². The first-order valence-electron chi connectivity index (χ1n) is 8.58. The molecule has 0 atom stereocenters. The lowest BCUT2D eigenvalue weighted by atomic mass is 10.2. The van der Waals surface area contributed by atoms with Gasteiger partial charge in [0.1, 0.15) is 6.33 Å². The smallest absolute Gasteiger partial charge is 0.350 e. The molecule has 134 valence electrons. The molecule has 1 aliphatic rings. The number of halogens is 1. The Kier molecular flexibility index (Phi) is 4.42. The Hall–Kier alpha value is -2.73. The van der Waals surface area contributed by atoms with Crippen molar-refractivity contribution in [3.05, 3.63) is 70.4 Å². The summed E-state index contributed by atoms with van der Waals surface area (Å²) in [5, 5.41) is 4.75. The zero-order valence-electron chi connectivity index (χ0n) is 14.5. The predicted octanol–water partition coefficient (Wildman–Crippen LogP) is 2.55. The Morgan fingerprint density at radius 3 is 1.73 bits per heavy atom. The van der Waals surface area contributed by atoms with Crippen molar-refractivity contribution in [2.45, 2.75) is 0 Å². The van der Waals surface area contributed by atoms with Crippen LogP contribution in [0.25, 0.3) is 5.69 Å². The van der Waals surface area contributed by atoms with Crippen molar-refractivity contribution in [2.75, 3.05) is 36.0 Å². The molecule has 1 fully saturated rings. The minimum absolute atomic E-state index is 0.144. The monoisotopic (exact) mass is 369 g/mol. The summed E-state index contributed by atoms with van der Waals surface area (Å²) >= 11 is 5.97. The van der Waals surface area contributed by atoms with Crippen LogP contribution in [0.1, 0.15) is 0 Å². The van der Waals surface area contributed by atoms with Crippen LogP contribution in [0.4, 0.5) is 11.4 Å². The molecule has 2 aromatic carbocycles. The van der Waals surface area contributed by atoms with E-state index in [4.69, 9.17) is 11.6 Å². The van der Waals surface area contributed by atoms with E-state index in [2.05, 4.69) is 39.2 Å². The minimum atomic E-state index is -0.144. The lowest BCUT2D eigenvalue weighted by Gasteiger charge is -2.37. The topological polar surface area (TPSA) is 46.3 Å². The summed E-state index contributed by atoms with van der Waals surface area (Å²) in [4.78, 5) is 16.7. The van der Waals surface area contributed by atoms with Crippen LogP contribution in [-0.4, -0.2) is 40.5 Å². The molecule has 0 radical (unpaired) electrons. The van der Waals surface area contributed by atoms with Crippen molar-refractivity contribution in [1.82, 2.24) is 14.3 Å². The highest BCUT2D eigenvalue weighted by Gasteiger charge is 2.17. The van der Waals surface area contributed by atoms with E-state index in [1.54, 1.807) is 17.9 Å². The Morgan fingerprint density at radius 2 is 1.27 bits per heavy atom.